The molecule has 32 heavy (non-hydrogen) atoms. The van der Waals surface area contributed by atoms with Gasteiger partial charge in [0.2, 0.25) is 11.8 Å². The summed E-state index contributed by atoms with van der Waals surface area (Å²) < 4.78 is 18.1. The smallest absolute Gasteiger partial charge is 0.316 e. The van der Waals surface area contributed by atoms with Gasteiger partial charge in [-0.2, -0.15) is 0 Å². The molecule has 0 aliphatic carbocycles. The van der Waals surface area contributed by atoms with Crippen LogP contribution >= 0.6 is 11.8 Å². The van der Waals surface area contributed by atoms with Gasteiger partial charge in [-0.05, 0) is 30.5 Å². The van der Waals surface area contributed by atoms with Crippen LogP contribution in [0.1, 0.15) is 31.4 Å². The summed E-state index contributed by atoms with van der Waals surface area (Å²) in [4.78, 5) is 46.0. The van der Waals surface area contributed by atoms with E-state index in [-0.39, 0.29) is 41.8 Å². The highest BCUT2D eigenvalue weighted by Gasteiger charge is 2.28. The zero-order valence-corrected chi connectivity index (χ0v) is 18.8. The fraction of sp³-hybridized carbons (Fsp3) is 0.409. The average molecular weight is 461 g/mol. The number of benzene rings is 1. The molecule has 1 aromatic carbocycles. The van der Waals surface area contributed by atoms with Crippen molar-refractivity contribution in [2.45, 2.75) is 30.8 Å². The molecule has 1 fully saturated rings. The number of aromatic nitrogens is 2. The van der Waals surface area contributed by atoms with Crippen LogP contribution < -0.4 is 5.32 Å². The van der Waals surface area contributed by atoms with Gasteiger partial charge in [0.1, 0.15) is 5.82 Å². The molecule has 10 heteroatoms. The molecule has 1 aliphatic heterocycles. The fourth-order valence-electron chi connectivity index (χ4n) is 3.53. The Hall–Kier alpha value is -3.01. The normalized spacial score (nSPS) is 15.8. The van der Waals surface area contributed by atoms with Crippen molar-refractivity contribution in [3.8, 4) is 11.1 Å². The lowest BCUT2D eigenvalue weighted by molar-refractivity contribution is -0.137. The predicted octanol–water partition coefficient (Wildman–Crippen LogP) is 2.39. The maximum Gasteiger partial charge on any atom is 0.316 e. The summed E-state index contributed by atoms with van der Waals surface area (Å²) in [6, 6.07) is 6.09. The van der Waals surface area contributed by atoms with Crippen LogP contribution in [0.25, 0.3) is 11.1 Å². The van der Waals surface area contributed by atoms with E-state index in [2.05, 4.69) is 15.0 Å². The summed E-state index contributed by atoms with van der Waals surface area (Å²) in [5, 5.41) is 2.97. The van der Waals surface area contributed by atoms with Crippen molar-refractivity contribution in [3.05, 3.63) is 42.0 Å². The molecule has 170 valence electrons. The summed E-state index contributed by atoms with van der Waals surface area (Å²) >= 11 is 1.17. The van der Waals surface area contributed by atoms with Crippen LogP contribution in [0.5, 0.6) is 0 Å². The maximum atomic E-state index is 13.4. The van der Waals surface area contributed by atoms with Crippen LogP contribution in [-0.4, -0.2) is 65.1 Å². The molecule has 0 spiro atoms. The standard InChI is InChI=1S/C22H25FN4O4S/c1-14(28)24-11-19(29)27-9-3-4-16(12-27)21-18(15-5-7-17(23)8-6-15)10-25-22(26-21)32-13-20(30)31-2/h5-8,10,16H,3-4,9,11-13H2,1-2H3,(H,24,28)/t16-/m0/s1. The maximum absolute atomic E-state index is 13.4. The van der Waals surface area contributed by atoms with Gasteiger partial charge in [-0.3, -0.25) is 14.4 Å². The highest BCUT2D eigenvalue weighted by Crippen LogP contribution is 2.34. The third kappa shape index (κ3) is 6.25. The summed E-state index contributed by atoms with van der Waals surface area (Å²) in [5.41, 5.74) is 2.28. The number of thioether (sulfide) groups is 1. The van der Waals surface area contributed by atoms with Gasteiger partial charge >= 0.3 is 5.97 Å². The van der Waals surface area contributed by atoms with E-state index in [9.17, 15) is 18.8 Å². The fourth-order valence-corrected chi connectivity index (χ4v) is 4.19. The van der Waals surface area contributed by atoms with Crippen molar-refractivity contribution in [1.29, 1.82) is 0 Å². The summed E-state index contributed by atoms with van der Waals surface area (Å²) in [7, 11) is 1.32. The molecule has 2 aromatic rings. The summed E-state index contributed by atoms with van der Waals surface area (Å²) in [6.45, 7) is 2.38. The zero-order chi connectivity index (χ0) is 23.1. The van der Waals surface area contributed by atoms with Crippen molar-refractivity contribution in [1.82, 2.24) is 20.2 Å². The first-order chi connectivity index (χ1) is 15.4. The lowest BCUT2D eigenvalue weighted by atomic mass is 9.90. The number of carbonyl (C=O) groups is 3. The molecule has 0 radical (unpaired) electrons. The second-order valence-electron chi connectivity index (χ2n) is 7.41. The van der Waals surface area contributed by atoms with Crippen LogP contribution in [-0.2, 0) is 19.1 Å². The Morgan fingerprint density at radius 3 is 2.72 bits per heavy atom. The molecule has 2 heterocycles. The van der Waals surface area contributed by atoms with E-state index in [1.165, 1.54) is 37.9 Å². The SMILES string of the molecule is COC(=O)CSc1ncc(-c2ccc(F)cc2)c([C@H]2CCCN(C(=O)CNC(C)=O)C2)n1. The highest BCUT2D eigenvalue weighted by atomic mass is 32.2. The molecular formula is C22H25FN4O4S. The zero-order valence-electron chi connectivity index (χ0n) is 18.0. The largest absolute Gasteiger partial charge is 0.468 e. The lowest BCUT2D eigenvalue weighted by Crippen LogP contribution is -2.44. The molecule has 0 saturated carbocycles. The third-order valence-corrected chi connectivity index (χ3v) is 5.98. The third-order valence-electron chi connectivity index (χ3n) is 5.15. The Labute approximate surface area is 189 Å². The lowest BCUT2D eigenvalue weighted by Gasteiger charge is -2.33. The van der Waals surface area contributed by atoms with Gasteiger partial charge in [-0.1, -0.05) is 23.9 Å². The molecule has 8 nitrogen and oxygen atoms in total. The molecule has 0 unspecified atom stereocenters. The van der Waals surface area contributed by atoms with Gasteiger partial charge in [0.25, 0.3) is 0 Å². The molecule has 2 amide bonds. The van der Waals surface area contributed by atoms with Crippen LogP contribution in [0.3, 0.4) is 0 Å². The number of piperidine rings is 1. The number of hydrogen-bond acceptors (Lipinski definition) is 7. The van der Waals surface area contributed by atoms with Crippen LogP contribution in [0.2, 0.25) is 0 Å². The number of likely N-dealkylation sites (tertiary alicyclic amines) is 1. The second kappa shape index (κ2) is 11.0. The minimum Gasteiger partial charge on any atom is -0.468 e. The average Bonchev–Trinajstić information content (AvgIpc) is 2.81. The highest BCUT2D eigenvalue weighted by molar-refractivity contribution is 7.99. The molecule has 3 rings (SSSR count). The number of carbonyl (C=O) groups excluding carboxylic acids is 3. The number of nitrogens with one attached hydrogen (secondary N) is 1. The monoisotopic (exact) mass is 460 g/mol. The summed E-state index contributed by atoms with van der Waals surface area (Å²) in [6.07, 6.45) is 3.28. The number of nitrogens with zero attached hydrogens (tertiary/aromatic N) is 3. The van der Waals surface area contributed by atoms with Crippen molar-refractivity contribution in [2.24, 2.45) is 0 Å². The number of rotatable bonds is 7. The van der Waals surface area contributed by atoms with Crippen molar-refractivity contribution in [3.63, 3.8) is 0 Å². The van der Waals surface area contributed by atoms with Crippen molar-refractivity contribution >= 4 is 29.5 Å². The minimum atomic E-state index is -0.379. The minimum absolute atomic E-state index is 0.0448. The number of halogens is 1. The van der Waals surface area contributed by atoms with Gasteiger partial charge in [0, 0.05) is 37.7 Å². The van der Waals surface area contributed by atoms with Gasteiger partial charge in [0.05, 0.1) is 25.1 Å². The second-order valence-corrected chi connectivity index (χ2v) is 8.35. The molecule has 1 saturated heterocycles. The number of hydrogen-bond donors (Lipinski definition) is 1. The van der Waals surface area contributed by atoms with Crippen LogP contribution in [0, 0.1) is 5.82 Å². The first kappa shape index (κ1) is 23.6. The molecule has 1 atom stereocenters. The van der Waals surface area contributed by atoms with E-state index in [1.807, 2.05) is 0 Å². The molecule has 1 aliphatic rings. The van der Waals surface area contributed by atoms with E-state index in [0.29, 0.717) is 18.2 Å². The molecule has 1 aromatic heterocycles. The Morgan fingerprint density at radius 1 is 1.28 bits per heavy atom. The van der Waals surface area contributed by atoms with Gasteiger partial charge in [-0.15, -0.1) is 0 Å². The van der Waals surface area contributed by atoms with E-state index in [0.717, 1.165) is 29.7 Å². The molecular weight excluding hydrogens is 435 g/mol. The topological polar surface area (TPSA) is 101 Å². The van der Waals surface area contributed by atoms with Crippen molar-refractivity contribution in [2.75, 3.05) is 32.5 Å². The molecule has 0 bridgehead atoms. The predicted molar refractivity (Wildman–Crippen MR) is 117 cm³/mol. The number of ether oxygens (including phenoxy) is 1. The first-order valence-corrected chi connectivity index (χ1v) is 11.2. The Balaban J connectivity index is 1.88. The molecule has 1 N–H and O–H groups in total. The van der Waals surface area contributed by atoms with Crippen molar-refractivity contribution < 1.29 is 23.5 Å². The Bertz CT molecular complexity index is 986. The van der Waals surface area contributed by atoms with Crippen LogP contribution in [0.4, 0.5) is 4.39 Å². The van der Waals surface area contributed by atoms with Gasteiger partial charge in [0.15, 0.2) is 5.16 Å². The first-order valence-electron chi connectivity index (χ1n) is 10.2. The van der Waals surface area contributed by atoms with E-state index < -0.39 is 0 Å². The quantitative estimate of drug-likeness (QED) is 0.385. The van der Waals surface area contributed by atoms with Crippen LogP contribution in [0.15, 0.2) is 35.6 Å². The number of methoxy groups -OCH3 is 1. The van der Waals surface area contributed by atoms with E-state index >= 15 is 0 Å². The Morgan fingerprint density at radius 2 is 2.03 bits per heavy atom. The van der Waals surface area contributed by atoms with Gasteiger partial charge < -0.3 is 15.0 Å². The van der Waals surface area contributed by atoms with E-state index in [1.54, 1.807) is 23.2 Å². The summed E-state index contributed by atoms with van der Waals surface area (Å²) in [5.74, 6) is -1.11. The number of amides is 2. The Kier molecular flexibility index (Phi) is 8.15. The number of esters is 1. The van der Waals surface area contributed by atoms with Gasteiger partial charge in [-0.25, -0.2) is 14.4 Å². The van der Waals surface area contributed by atoms with E-state index in [4.69, 9.17) is 4.98 Å².